The Morgan fingerprint density at radius 2 is 2.00 bits per heavy atom. The minimum atomic E-state index is -3.73. The Morgan fingerprint density at radius 1 is 1.33 bits per heavy atom. The largest absolute Gasteiger partial charge is 0.363 e. The van der Waals surface area contributed by atoms with E-state index < -0.39 is 23.0 Å². The third kappa shape index (κ3) is 5.22. The minimum Gasteiger partial charge on any atom is -0.363 e. The molecule has 0 heterocycles. The first-order valence-corrected chi connectivity index (χ1v) is 8.22. The van der Waals surface area contributed by atoms with E-state index in [1.807, 2.05) is 6.92 Å². The van der Waals surface area contributed by atoms with Gasteiger partial charge < -0.3 is 10.6 Å². The monoisotopic (exact) mass is 321 g/mol. The Hall–Kier alpha value is -1.25. The molecule has 0 aliphatic carbocycles. The zero-order valence-electron chi connectivity index (χ0n) is 11.9. The molecule has 0 aliphatic rings. The van der Waals surface area contributed by atoms with Gasteiger partial charge in [0, 0.05) is 19.6 Å². The topological polar surface area (TPSA) is 75.4 Å². The molecule has 0 atom stereocenters. The standard InChI is InChI=1S/C13H21F2N3O2S/c1-2-8-17-21(19,20)12-6-4-3-5-11(12)18(9-7-16)10-13(14)15/h3-6,13,17H,2,7-10,16H2,1H3. The summed E-state index contributed by atoms with van der Waals surface area (Å²) >= 11 is 0. The second-order valence-corrected chi connectivity index (χ2v) is 6.23. The van der Waals surface area contributed by atoms with Crippen molar-refractivity contribution in [3.05, 3.63) is 24.3 Å². The Bertz CT molecular complexity index is 538. The van der Waals surface area contributed by atoms with E-state index in [1.165, 1.54) is 17.0 Å². The van der Waals surface area contributed by atoms with Gasteiger partial charge in [-0.2, -0.15) is 0 Å². The van der Waals surface area contributed by atoms with Gasteiger partial charge in [0.25, 0.3) is 6.43 Å². The van der Waals surface area contributed by atoms with E-state index in [0.717, 1.165) is 0 Å². The molecule has 0 fully saturated rings. The number of benzene rings is 1. The van der Waals surface area contributed by atoms with Crippen molar-refractivity contribution < 1.29 is 17.2 Å². The molecule has 3 N–H and O–H groups in total. The molecule has 0 aliphatic heterocycles. The maximum atomic E-state index is 12.7. The normalized spacial score (nSPS) is 11.9. The number of sulfonamides is 1. The third-order valence-corrected chi connectivity index (χ3v) is 4.30. The number of alkyl halides is 2. The lowest BCUT2D eigenvalue weighted by Gasteiger charge is -2.26. The van der Waals surface area contributed by atoms with Crippen molar-refractivity contribution in [3.8, 4) is 0 Å². The van der Waals surface area contributed by atoms with E-state index in [1.54, 1.807) is 12.1 Å². The predicted octanol–water partition coefficient (Wildman–Crippen LogP) is 1.41. The SMILES string of the molecule is CCCNS(=O)(=O)c1ccccc1N(CCN)CC(F)F. The number of hydrogen-bond acceptors (Lipinski definition) is 4. The smallest absolute Gasteiger partial charge is 0.255 e. The van der Waals surface area contributed by atoms with Gasteiger partial charge in [-0.25, -0.2) is 21.9 Å². The number of nitrogens with one attached hydrogen (secondary N) is 1. The van der Waals surface area contributed by atoms with E-state index in [4.69, 9.17) is 5.73 Å². The maximum absolute atomic E-state index is 12.7. The van der Waals surface area contributed by atoms with Gasteiger partial charge in [0.2, 0.25) is 10.0 Å². The van der Waals surface area contributed by atoms with Crippen LogP contribution in [0.1, 0.15) is 13.3 Å². The lowest BCUT2D eigenvalue weighted by atomic mass is 10.3. The fraction of sp³-hybridized carbons (Fsp3) is 0.538. The molecule has 0 radical (unpaired) electrons. The summed E-state index contributed by atoms with van der Waals surface area (Å²) in [7, 11) is -3.73. The molecular formula is C13H21F2N3O2S. The Kier molecular flexibility index (Phi) is 7.00. The molecule has 1 aromatic rings. The highest BCUT2D eigenvalue weighted by atomic mass is 32.2. The number of hydrogen-bond donors (Lipinski definition) is 2. The Morgan fingerprint density at radius 3 is 2.57 bits per heavy atom. The number of para-hydroxylation sites is 1. The molecule has 0 bridgehead atoms. The highest BCUT2D eigenvalue weighted by molar-refractivity contribution is 7.89. The average molecular weight is 321 g/mol. The summed E-state index contributed by atoms with van der Waals surface area (Å²) < 4.78 is 52.3. The summed E-state index contributed by atoms with van der Waals surface area (Å²) in [5.74, 6) is 0. The van der Waals surface area contributed by atoms with Crippen molar-refractivity contribution in [1.82, 2.24) is 4.72 Å². The van der Waals surface area contributed by atoms with E-state index in [2.05, 4.69) is 4.72 Å². The van der Waals surface area contributed by atoms with Crippen LogP contribution in [0.5, 0.6) is 0 Å². The average Bonchev–Trinajstić information content (AvgIpc) is 2.44. The lowest BCUT2D eigenvalue weighted by Crippen LogP contribution is -2.35. The summed E-state index contributed by atoms with van der Waals surface area (Å²) in [6.45, 7) is 1.89. The first kappa shape index (κ1) is 17.8. The number of rotatable bonds is 9. The molecule has 0 saturated heterocycles. The number of nitrogens with two attached hydrogens (primary N) is 1. The summed E-state index contributed by atoms with van der Waals surface area (Å²) in [6.07, 6.45) is -1.93. The van der Waals surface area contributed by atoms with Gasteiger partial charge in [-0.3, -0.25) is 0 Å². The van der Waals surface area contributed by atoms with E-state index in [-0.39, 0.29) is 23.7 Å². The van der Waals surface area contributed by atoms with Crippen LogP contribution in [0.2, 0.25) is 0 Å². The van der Waals surface area contributed by atoms with Gasteiger partial charge in [0.15, 0.2) is 0 Å². The van der Waals surface area contributed by atoms with Crippen molar-refractivity contribution >= 4 is 15.7 Å². The predicted molar refractivity (Wildman–Crippen MR) is 79.2 cm³/mol. The highest BCUT2D eigenvalue weighted by Crippen LogP contribution is 2.25. The van der Waals surface area contributed by atoms with Crippen LogP contribution in [-0.2, 0) is 10.0 Å². The molecule has 0 spiro atoms. The van der Waals surface area contributed by atoms with Crippen LogP contribution in [-0.4, -0.2) is 41.0 Å². The molecular weight excluding hydrogens is 300 g/mol. The zero-order valence-corrected chi connectivity index (χ0v) is 12.7. The van der Waals surface area contributed by atoms with Crippen molar-refractivity contribution in [2.24, 2.45) is 5.73 Å². The van der Waals surface area contributed by atoms with Gasteiger partial charge in [-0.1, -0.05) is 19.1 Å². The summed E-state index contributed by atoms with van der Waals surface area (Å²) in [6, 6.07) is 6.09. The zero-order chi connectivity index (χ0) is 15.9. The van der Waals surface area contributed by atoms with Crippen molar-refractivity contribution in [2.75, 3.05) is 31.1 Å². The van der Waals surface area contributed by atoms with Gasteiger partial charge in [0.05, 0.1) is 12.2 Å². The molecule has 1 aromatic carbocycles. The van der Waals surface area contributed by atoms with Crippen LogP contribution < -0.4 is 15.4 Å². The highest BCUT2D eigenvalue weighted by Gasteiger charge is 2.22. The molecule has 5 nitrogen and oxygen atoms in total. The van der Waals surface area contributed by atoms with Crippen LogP contribution in [0.15, 0.2) is 29.2 Å². The Labute approximate surface area is 124 Å². The second-order valence-electron chi connectivity index (χ2n) is 4.49. The second kappa shape index (κ2) is 8.26. The Balaban J connectivity index is 3.17. The van der Waals surface area contributed by atoms with Crippen LogP contribution in [0, 0.1) is 0 Å². The quantitative estimate of drug-likeness (QED) is 0.721. The van der Waals surface area contributed by atoms with Crippen LogP contribution in [0.25, 0.3) is 0 Å². The van der Waals surface area contributed by atoms with Gasteiger partial charge in [-0.15, -0.1) is 0 Å². The molecule has 21 heavy (non-hydrogen) atoms. The van der Waals surface area contributed by atoms with Crippen molar-refractivity contribution in [1.29, 1.82) is 0 Å². The van der Waals surface area contributed by atoms with E-state index in [0.29, 0.717) is 13.0 Å². The number of halogens is 2. The number of nitrogens with zero attached hydrogens (tertiary/aromatic N) is 1. The minimum absolute atomic E-state index is 0.00690. The molecule has 0 aromatic heterocycles. The maximum Gasteiger partial charge on any atom is 0.255 e. The van der Waals surface area contributed by atoms with E-state index >= 15 is 0 Å². The first-order chi connectivity index (χ1) is 9.92. The van der Waals surface area contributed by atoms with Gasteiger partial charge >= 0.3 is 0 Å². The van der Waals surface area contributed by atoms with Crippen molar-refractivity contribution in [3.63, 3.8) is 0 Å². The summed E-state index contributed by atoms with van der Waals surface area (Å²) in [4.78, 5) is 1.29. The molecule has 0 saturated carbocycles. The third-order valence-electron chi connectivity index (χ3n) is 2.79. The van der Waals surface area contributed by atoms with Crippen molar-refractivity contribution in [2.45, 2.75) is 24.7 Å². The van der Waals surface area contributed by atoms with Gasteiger partial charge in [-0.05, 0) is 18.6 Å². The summed E-state index contributed by atoms with van der Waals surface area (Å²) in [5, 5.41) is 0. The molecule has 0 amide bonds. The van der Waals surface area contributed by atoms with E-state index in [9.17, 15) is 17.2 Å². The molecule has 120 valence electrons. The van der Waals surface area contributed by atoms with Gasteiger partial charge in [0.1, 0.15) is 4.90 Å². The fourth-order valence-corrected chi connectivity index (χ4v) is 3.25. The van der Waals surface area contributed by atoms with Crippen LogP contribution >= 0.6 is 0 Å². The van der Waals surface area contributed by atoms with Crippen LogP contribution in [0.3, 0.4) is 0 Å². The molecule has 8 heteroatoms. The first-order valence-electron chi connectivity index (χ1n) is 6.74. The number of anilines is 1. The lowest BCUT2D eigenvalue weighted by molar-refractivity contribution is 0.155. The summed E-state index contributed by atoms with van der Waals surface area (Å²) in [5.41, 5.74) is 5.67. The van der Waals surface area contributed by atoms with Crippen LogP contribution in [0.4, 0.5) is 14.5 Å². The fourth-order valence-electron chi connectivity index (χ4n) is 1.89. The molecule has 0 unspecified atom stereocenters. The molecule has 1 rings (SSSR count).